The van der Waals surface area contributed by atoms with Gasteiger partial charge in [-0.2, -0.15) is 0 Å². The van der Waals surface area contributed by atoms with Gasteiger partial charge in [-0.25, -0.2) is 0 Å². The first-order valence-corrected chi connectivity index (χ1v) is 7.36. The molecular weight excluding hydrogens is 250 g/mol. The SMILES string of the molecule is CCCN/C(=C1\C(=N)CC/C(=C\N(C)C)C1=O)C(C)C. The Hall–Kier alpha value is -1.58. The summed E-state index contributed by atoms with van der Waals surface area (Å²) in [6.07, 6.45) is 4.20. The number of ketones is 1. The second kappa shape index (κ2) is 7.27. The molecule has 4 nitrogen and oxygen atoms in total. The van der Waals surface area contributed by atoms with Gasteiger partial charge in [-0.15, -0.1) is 0 Å². The molecule has 1 saturated carbocycles. The molecular formula is C16H27N3O. The van der Waals surface area contributed by atoms with E-state index in [1.54, 1.807) is 0 Å². The topological polar surface area (TPSA) is 56.2 Å². The van der Waals surface area contributed by atoms with E-state index in [2.05, 4.69) is 26.1 Å². The average Bonchev–Trinajstić information content (AvgIpc) is 2.36. The van der Waals surface area contributed by atoms with Crippen molar-refractivity contribution < 1.29 is 4.79 Å². The quantitative estimate of drug-likeness (QED) is 0.760. The lowest BCUT2D eigenvalue weighted by Crippen LogP contribution is -2.30. The third-order valence-electron chi connectivity index (χ3n) is 3.29. The lowest BCUT2D eigenvalue weighted by Gasteiger charge is -2.25. The van der Waals surface area contributed by atoms with Crippen LogP contribution >= 0.6 is 0 Å². The summed E-state index contributed by atoms with van der Waals surface area (Å²) in [4.78, 5) is 14.5. The predicted octanol–water partition coefficient (Wildman–Crippen LogP) is 2.72. The maximum atomic E-state index is 12.6. The van der Waals surface area contributed by atoms with Crippen LogP contribution in [0.2, 0.25) is 0 Å². The molecule has 0 aromatic heterocycles. The lowest BCUT2D eigenvalue weighted by atomic mass is 9.84. The Morgan fingerprint density at radius 2 is 2.05 bits per heavy atom. The van der Waals surface area contributed by atoms with Crippen LogP contribution < -0.4 is 5.32 Å². The van der Waals surface area contributed by atoms with Crippen molar-refractivity contribution in [1.82, 2.24) is 10.2 Å². The van der Waals surface area contributed by atoms with Crippen LogP contribution in [0.25, 0.3) is 0 Å². The minimum atomic E-state index is 0.0160. The van der Waals surface area contributed by atoms with E-state index < -0.39 is 0 Å². The van der Waals surface area contributed by atoms with Crippen molar-refractivity contribution in [3.05, 3.63) is 23.0 Å². The van der Waals surface area contributed by atoms with Crippen molar-refractivity contribution in [2.24, 2.45) is 5.92 Å². The molecule has 0 amide bonds. The Bertz CT molecular complexity index is 445. The molecule has 0 aliphatic heterocycles. The maximum absolute atomic E-state index is 12.6. The minimum Gasteiger partial charge on any atom is -0.387 e. The van der Waals surface area contributed by atoms with Crippen molar-refractivity contribution in [3.8, 4) is 0 Å². The zero-order valence-corrected chi connectivity index (χ0v) is 13.3. The second-order valence-electron chi connectivity index (χ2n) is 5.80. The zero-order valence-electron chi connectivity index (χ0n) is 13.3. The summed E-state index contributed by atoms with van der Waals surface area (Å²) in [6.45, 7) is 7.07. The average molecular weight is 277 g/mol. The maximum Gasteiger partial charge on any atom is 0.194 e. The third-order valence-corrected chi connectivity index (χ3v) is 3.29. The van der Waals surface area contributed by atoms with Crippen LogP contribution in [-0.4, -0.2) is 37.0 Å². The van der Waals surface area contributed by atoms with E-state index in [0.29, 0.717) is 24.1 Å². The Labute approximate surface area is 122 Å². The largest absolute Gasteiger partial charge is 0.387 e. The van der Waals surface area contributed by atoms with Gasteiger partial charge in [-0.05, 0) is 25.2 Å². The molecule has 112 valence electrons. The summed E-state index contributed by atoms with van der Waals surface area (Å²) in [5.41, 5.74) is 2.79. The molecule has 0 aromatic rings. The van der Waals surface area contributed by atoms with Gasteiger partial charge in [0.1, 0.15) is 0 Å². The Kier molecular flexibility index (Phi) is 5.99. The highest BCUT2D eigenvalue weighted by Gasteiger charge is 2.29. The highest BCUT2D eigenvalue weighted by Crippen LogP contribution is 2.26. The van der Waals surface area contributed by atoms with Crippen LogP contribution in [0.1, 0.15) is 40.0 Å². The molecule has 0 bridgehead atoms. The van der Waals surface area contributed by atoms with Crippen molar-refractivity contribution in [1.29, 1.82) is 5.41 Å². The number of nitrogens with one attached hydrogen (secondary N) is 2. The molecule has 1 aliphatic rings. The van der Waals surface area contributed by atoms with E-state index in [4.69, 9.17) is 5.41 Å². The van der Waals surface area contributed by atoms with Crippen LogP contribution in [0.3, 0.4) is 0 Å². The molecule has 0 saturated heterocycles. The molecule has 0 unspecified atom stereocenters. The summed E-state index contributed by atoms with van der Waals surface area (Å²) in [5, 5.41) is 11.5. The van der Waals surface area contributed by atoms with Gasteiger partial charge in [0, 0.05) is 43.8 Å². The first-order chi connectivity index (χ1) is 9.38. The summed E-state index contributed by atoms with van der Waals surface area (Å²) >= 11 is 0. The van der Waals surface area contributed by atoms with Gasteiger partial charge in [0.15, 0.2) is 5.78 Å². The van der Waals surface area contributed by atoms with E-state index in [0.717, 1.165) is 24.2 Å². The van der Waals surface area contributed by atoms with Gasteiger partial charge < -0.3 is 15.6 Å². The molecule has 0 atom stereocenters. The van der Waals surface area contributed by atoms with E-state index >= 15 is 0 Å². The van der Waals surface area contributed by atoms with E-state index in [9.17, 15) is 4.79 Å². The molecule has 0 heterocycles. The molecule has 0 radical (unpaired) electrons. The van der Waals surface area contributed by atoms with Crippen LogP contribution in [-0.2, 0) is 4.79 Å². The Balaban J connectivity index is 3.21. The summed E-state index contributed by atoms with van der Waals surface area (Å²) in [6, 6.07) is 0. The summed E-state index contributed by atoms with van der Waals surface area (Å²) in [7, 11) is 3.84. The molecule has 1 rings (SSSR count). The van der Waals surface area contributed by atoms with E-state index in [-0.39, 0.29) is 11.7 Å². The number of Topliss-reactive ketones (excluding diaryl/α,β-unsaturated/α-hetero) is 1. The predicted molar refractivity (Wildman–Crippen MR) is 83.9 cm³/mol. The zero-order chi connectivity index (χ0) is 15.3. The van der Waals surface area contributed by atoms with Crippen molar-refractivity contribution in [2.75, 3.05) is 20.6 Å². The first-order valence-electron chi connectivity index (χ1n) is 7.36. The molecule has 0 aromatic carbocycles. The molecule has 1 fully saturated rings. The number of hydrogen-bond acceptors (Lipinski definition) is 4. The van der Waals surface area contributed by atoms with Crippen LogP contribution in [0.15, 0.2) is 23.0 Å². The van der Waals surface area contributed by atoms with Crippen molar-refractivity contribution in [2.45, 2.75) is 40.0 Å². The van der Waals surface area contributed by atoms with Crippen molar-refractivity contribution >= 4 is 11.5 Å². The highest BCUT2D eigenvalue weighted by molar-refractivity contribution is 6.29. The second-order valence-corrected chi connectivity index (χ2v) is 5.80. The first kappa shape index (κ1) is 16.5. The van der Waals surface area contributed by atoms with Gasteiger partial charge in [0.2, 0.25) is 0 Å². The molecule has 2 N–H and O–H groups in total. The molecule has 20 heavy (non-hydrogen) atoms. The normalized spacial score (nSPS) is 20.6. The third kappa shape index (κ3) is 3.95. The summed E-state index contributed by atoms with van der Waals surface area (Å²) in [5.74, 6) is 0.238. The monoisotopic (exact) mass is 277 g/mol. The van der Waals surface area contributed by atoms with Gasteiger partial charge >= 0.3 is 0 Å². The van der Waals surface area contributed by atoms with Crippen LogP contribution in [0, 0.1) is 11.3 Å². The number of nitrogens with zero attached hydrogens (tertiary/aromatic N) is 1. The fraction of sp³-hybridized carbons (Fsp3) is 0.625. The number of allylic oxidation sites excluding steroid dienone is 3. The summed E-state index contributed by atoms with van der Waals surface area (Å²) < 4.78 is 0. The molecule has 4 heteroatoms. The van der Waals surface area contributed by atoms with Gasteiger partial charge in [-0.3, -0.25) is 4.79 Å². The smallest absolute Gasteiger partial charge is 0.194 e. The standard InChI is InChI=1S/C16H27N3O/c1-6-9-18-15(11(2)3)14-13(17)8-7-12(16(14)20)10-19(4)5/h10-11,17-18H,6-9H2,1-5H3/b12-10+,15-14+,17-13?. The van der Waals surface area contributed by atoms with Crippen LogP contribution in [0.4, 0.5) is 0 Å². The minimum absolute atomic E-state index is 0.0160. The Morgan fingerprint density at radius 1 is 1.40 bits per heavy atom. The fourth-order valence-corrected chi connectivity index (χ4v) is 2.36. The lowest BCUT2D eigenvalue weighted by molar-refractivity contribution is -0.112. The van der Waals surface area contributed by atoms with E-state index in [1.165, 1.54) is 0 Å². The number of hydrogen-bond donors (Lipinski definition) is 2. The van der Waals surface area contributed by atoms with Crippen LogP contribution in [0.5, 0.6) is 0 Å². The van der Waals surface area contributed by atoms with Gasteiger partial charge in [0.05, 0.1) is 5.57 Å². The highest BCUT2D eigenvalue weighted by atomic mass is 16.1. The molecule has 0 spiro atoms. The number of carbonyl (C=O) groups is 1. The number of carbonyl (C=O) groups excluding carboxylic acids is 1. The van der Waals surface area contributed by atoms with Crippen molar-refractivity contribution in [3.63, 3.8) is 0 Å². The number of rotatable bonds is 5. The molecule has 1 aliphatic carbocycles. The Morgan fingerprint density at radius 3 is 2.55 bits per heavy atom. The van der Waals surface area contributed by atoms with Gasteiger partial charge in [-0.1, -0.05) is 20.8 Å². The fourth-order valence-electron chi connectivity index (χ4n) is 2.36. The van der Waals surface area contributed by atoms with E-state index in [1.807, 2.05) is 25.2 Å². The van der Waals surface area contributed by atoms with Gasteiger partial charge in [0.25, 0.3) is 0 Å².